The highest BCUT2D eigenvalue weighted by Gasteiger charge is 2.25. The smallest absolute Gasteiger partial charge is 0.254 e. The van der Waals surface area contributed by atoms with E-state index in [1.54, 1.807) is 19.1 Å². The Hall–Kier alpha value is -2.41. The lowest BCUT2D eigenvalue weighted by Crippen LogP contribution is -2.15. The number of hydrogen-bond donors (Lipinski definition) is 3. The molecule has 0 aliphatic heterocycles. The van der Waals surface area contributed by atoms with Gasteiger partial charge in [-0.25, -0.2) is 4.68 Å². The third-order valence-corrected chi connectivity index (χ3v) is 4.63. The van der Waals surface area contributed by atoms with Gasteiger partial charge in [0.05, 0.1) is 5.69 Å². The number of rotatable bonds is 5. The second-order valence-corrected chi connectivity index (χ2v) is 6.29. The Balaban J connectivity index is 0.00000163. The molecule has 0 bridgehead atoms. The predicted octanol–water partition coefficient (Wildman–Crippen LogP) is 4.02. The highest BCUT2D eigenvalue weighted by molar-refractivity contribution is 8.07. The molecule has 1 aromatic heterocycles. The number of aromatic hydroxyl groups is 1. The van der Waals surface area contributed by atoms with Crippen molar-refractivity contribution in [2.75, 3.05) is 12.0 Å². The van der Waals surface area contributed by atoms with Crippen LogP contribution in [0.3, 0.4) is 0 Å². The summed E-state index contributed by atoms with van der Waals surface area (Å²) in [6, 6.07) is 3.40. The van der Waals surface area contributed by atoms with E-state index in [0.717, 1.165) is 16.9 Å². The molecule has 142 valence electrons. The molecule has 1 aromatic carbocycles. The summed E-state index contributed by atoms with van der Waals surface area (Å²) < 4.78 is 1.49. The maximum absolute atomic E-state index is 12.0. The number of carbonyl (C=O) groups excluding carboxylic acids is 1. The van der Waals surface area contributed by atoms with Crippen molar-refractivity contribution >= 4 is 28.4 Å². The van der Waals surface area contributed by atoms with Crippen molar-refractivity contribution in [2.24, 2.45) is 5.73 Å². The number of thioether (sulfide) groups is 1. The number of carbonyl (C=O) groups is 1. The van der Waals surface area contributed by atoms with E-state index in [-0.39, 0.29) is 17.1 Å². The third kappa shape index (κ3) is 4.04. The quantitative estimate of drug-likeness (QED) is 0.730. The third-order valence-electron chi connectivity index (χ3n) is 3.83. The molecule has 5 N–H and O–H groups in total. The van der Waals surface area contributed by atoms with Crippen molar-refractivity contribution in [1.82, 2.24) is 9.78 Å². The van der Waals surface area contributed by atoms with Crippen molar-refractivity contribution in [3.63, 3.8) is 0 Å². The number of phenolic OH excluding ortho intramolecular Hbond substituents is 1. The fourth-order valence-corrected chi connectivity index (χ4v) is 3.30. The number of benzene rings is 1. The average molecular weight is 377 g/mol. The Morgan fingerprint density at radius 2 is 1.96 bits per heavy atom. The largest absolute Gasteiger partial charge is 0.508 e. The topological polar surface area (TPSA) is 107 Å². The van der Waals surface area contributed by atoms with Gasteiger partial charge < -0.3 is 16.6 Å². The monoisotopic (exact) mass is 376 g/mol. The molecule has 7 heteroatoms. The van der Waals surface area contributed by atoms with Crippen LogP contribution in [0.25, 0.3) is 10.6 Å². The van der Waals surface area contributed by atoms with Gasteiger partial charge in [-0.15, -0.1) is 11.8 Å². The van der Waals surface area contributed by atoms with Crippen LogP contribution in [0.5, 0.6) is 5.75 Å². The molecule has 0 aliphatic carbocycles. The summed E-state index contributed by atoms with van der Waals surface area (Å²) in [5, 5.41) is 14.6. The zero-order chi connectivity index (χ0) is 20.0. The first kappa shape index (κ1) is 21.6. The molecule has 0 unspecified atom stereocenters. The van der Waals surface area contributed by atoms with Crippen molar-refractivity contribution < 1.29 is 9.90 Å². The Bertz CT molecular complexity index is 825. The minimum absolute atomic E-state index is 0.141. The van der Waals surface area contributed by atoms with Gasteiger partial charge in [-0.05, 0) is 38.2 Å². The maximum atomic E-state index is 12.0. The molecule has 26 heavy (non-hydrogen) atoms. The van der Waals surface area contributed by atoms with Gasteiger partial charge in [0.2, 0.25) is 0 Å². The SMILES string of the molecule is CC.CC/C=C(\SC)c1nn(-c2c(C)ccc(O)c2C)c(N)c1C(N)=O. The van der Waals surface area contributed by atoms with Crippen LogP contribution in [0.2, 0.25) is 0 Å². The van der Waals surface area contributed by atoms with Gasteiger partial charge in [0, 0.05) is 10.5 Å². The fraction of sp³-hybridized carbons (Fsp3) is 0.368. The van der Waals surface area contributed by atoms with Crippen molar-refractivity contribution in [3.05, 3.63) is 40.6 Å². The standard InChI is InChI=1S/C17H22N4O2S.C2H6/c1-5-6-12(24-4)14-13(17(19)23)16(18)21(20-14)15-9(2)7-8-11(22)10(15)3;1-2/h6-8,22H,5,18H2,1-4H3,(H2,19,23);1-2H3/b12-6-;. The summed E-state index contributed by atoms with van der Waals surface area (Å²) in [6.07, 6.45) is 4.68. The summed E-state index contributed by atoms with van der Waals surface area (Å²) in [5.74, 6) is -0.313. The van der Waals surface area contributed by atoms with Crippen molar-refractivity contribution in [3.8, 4) is 11.4 Å². The van der Waals surface area contributed by atoms with Crippen LogP contribution in [0, 0.1) is 13.8 Å². The number of anilines is 1. The van der Waals surface area contributed by atoms with Gasteiger partial charge >= 0.3 is 0 Å². The molecule has 0 saturated heterocycles. The van der Waals surface area contributed by atoms with E-state index in [2.05, 4.69) is 5.10 Å². The van der Waals surface area contributed by atoms with Crippen LogP contribution in [0.4, 0.5) is 5.82 Å². The molecule has 0 spiro atoms. The van der Waals surface area contributed by atoms with Crippen LogP contribution in [0.15, 0.2) is 18.2 Å². The highest BCUT2D eigenvalue weighted by Crippen LogP contribution is 2.34. The Morgan fingerprint density at radius 3 is 2.46 bits per heavy atom. The normalized spacial score (nSPS) is 11.1. The number of aryl methyl sites for hydroxylation is 1. The number of nitrogen functional groups attached to an aromatic ring is 1. The maximum Gasteiger partial charge on any atom is 0.254 e. The lowest BCUT2D eigenvalue weighted by atomic mass is 10.1. The highest BCUT2D eigenvalue weighted by atomic mass is 32.2. The Labute approximate surface area is 159 Å². The fourth-order valence-electron chi connectivity index (χ4n) is 2.63. The zero-order valence-corrected chi connectivity index (χ0v) is 17.1. The summed E-state index contributed by atoms with van der Waals surface area (Å²) in [6.45, 7) is 9.67. The average Bonchev–Trinajstić information content (AvgIpc) is 2.95. The van der Waals surface area contributed by atoms with E-state index in [9.17, 15) is 9.90 Å². The van der Waals surface area contributed by atoms with Crippen LogP contribution in [-0.4, -0.2) is 27.0 Å². The summed E-state index contributed by atoms with van der Waals surface area (Å²) in [5.41, 5.74) is 14.6. The lowest BCUT2D eigenvalue weighted by Gasteiger charge is -2.12. The molecule has 0 fully saturated rings. The molecule has 6 nitrogen and oxygen atoms in total. The molecule has 1 amide bonds. The number of nitrogens with two attached hydrogens (primary N) is 2. The van der Waals surface area contributed by atoms with Gasteiger partial charge in [-0.1, -0.05) is 32.9 Å². The van der Waals surface area contributed by atoms with Crippen molar-refractivity contribution in [1.29, 1.82) is 0 Å². The van der Waals surface area contributed by atoms with Gasteiger partial charge in [0.1, 0.15) is 22.8 Å². The van der Waals surface area contributed by atoms with Crippen LogP contribution in [-0.2, 0) is 0 Å². The first-order valence-electron chi connectivity index (χ1n) is 8.55. The molecular weight excluding hydrogens is 348 g/mol. The molecule has 0 atom stereocenters. The van der Waals surface area contributed by atoms with E-state index < -0.39 is 5.91 Å². The zero-order valence-electron chi connectivity index (χ0n) is 16.3. The predicted molar refractivity (Wildman–Crippen MR) is 111 cm³/mol. The Morgan fingerprint density at radius 1 is 1.35 bits per heavy atom. The molecule has 0 radical (unpaired) electrons. The molecule has 0 aliphatic rings. The summed E-state index contributed by atoms with van der Waals surface area (Å²) in [4.78, 5) is 12.8. The van der Waals surface area contributed by atoms with E-state index >= 15 is 0 Å². The van der Waals surface area contributed by atoms with Crippen LogP contribution < -0.4 is 11.5 Å². The van der Waals surface area contributed by atoms with E-state index in [4.69, 9.17) is 11.5 Å². The molecule has 2 rings (SSSR count). The second-order valence-electron chi connectivity index (χ2n) is 5.44. The molecule has 2 aromatic rings. The lowest BCUT2D eigenvalue weighted by molar-refractivity contribution is 0.100. The van der Waals surface area contributed by atoms with Gasteiger partial charge in [0.25, 0.3) is 5.91 Å². The number of aromatic nitrogens is 2. The van der Waals surface area contributed by atoms with E-state index in [0.29, 0.717) is 16.9 Å². The first-order valence-corrected chi connectivity index (χ1v) is 9.78. The minimum atomic E-state index is -0.625. The number of allylic oxidation sites excluding steroid dienone is 1. The number of primary amides is 1. The number of phenols is 1. The van der Waals surface area contributed by atoms with Crippen LogP contribution in [0.1, 0.15) is 54.4 Å². The van der Waals surface area contributed by atoms with Gasteiger partial charge in [0.15, 0.2) is 0 Å². The van der Waals surface area contributed by atoms with Gasteiger partial charge in [-0.2, -0.15) is 5.10 Å². The van der Waals surface area contributed by atoms with Crippen LogP contribution >= 0.6 is 11.8 Å². The summed E-state index contributed by atoms with van der Waals surface area (Å²) in [7, 11) is 0. The van der Waals surface area contributed by atoms with Crippen molar-refractivity contribution in [2.45, 2.75) is 41.0 Å². The molecular formula is C19H28N4O2S. The molecule has 0 saturated carbocycles. The van der Waals surface area contributed by atoms with E-state index in [1.165, 1.54) is 16.4 Å². The first-order chi connectivity index (χ1) is 12.3. The minimum Gasteiger partial charge on any atom is -0.508 e. The Kier molecular flexibility index (Phi) is 7.76. The molecule has 1 heterocycles. The van der Waals surface area contributed by atoms with E-state index in [1.807, 2.05) is 40.0 Å². The van der Waals surface area contributed by atoms with Gasteiger partial charge in [-0.3, -0.25) is 4.79 Å². The number of hydrogen-bond acceptors (Lipinski definition) is 5. The number of nitrogens with zero attached hydrogens (tertiary/aromatic N) is 2. The summed E-state index contributed by atoms with van der Waals surface area (Å²) >= 11 is 1.48. The second kappa shape index (κ2) is 9.33. The number of amides is 1.